The lowest BCUT2D eigenvalue weighted by Gasteiger charge is -2.37. The molecule has 4 aliphatic rings. The monoisotopic (exact) mass is 528 g/mol. The van der Waals surface area contributed by atoms with E-state index in [1.54, 1.807) is 0 Å². The van der Waals surface area contributed by atoms with E-state index >= 15 is 0 Å². The predicted octanol–water partition coefficient (Wildman–Crippen LogP) is 7.53. The van der Waals surface area contributed by atoms with E-state index < -0.39 is 0 Å². The van der Waals surface area contributed by atoms with Crippen molar-refractivity contribution in [1.82, 2.24) is 0 Å². The summed E-state index contributed by atoms with van der Waals surface area (Å²) < 4.78 is 0. The Balaban J connectivity index is 0.00000294. The third-order valence-corrected chi connectivity index (χ3v) is 9.10. The molecule has 0 spiro atoms. The molecular formula is C34H41ClN2O. The lowest BCUT2D eigenvalue weighted by Crippen LogP contribution is -2.30. The maximum Gasteiger partial charge on any atom is 0.0483 e. The SMILES string of the molecule is CC1(C)C(C=CC(=CC=C2N3CCCc4cccc(c43)C2(C)C)CCCO)=CN2CCc3cccc1c32.Cl. The number of aliphatic hydroxyl groups excluding tert-OH is 1. The summed E-state index contributed by atoms with van der Waals surface area (Å²) in [7, 11) is 0. The van der Waals surface area contributed by atoms with Gasteiger partial charge in [0.05, 0.1) is 0 Å². The van der Waals surface area contributed by atoms with Crippen molar-refractivity contribution in [3.8, 4) is 0 Å². The Kier molecular flexibility index (Phi) is 7.13. The van der Waals surface area contributed by atoms with E-state index in [9.17, 15) is 5.11 Å². The van der Waals surface area contributed by atoms with Crippen molar-refractivity contribution in [3.05, 3.63) is 106 Å². The number of anilines is 2. The predicted molar refractivity (Wildman–Crippen MR) is 163 cm³/mol. The van der Waals surface area contributed by atoms with E-state index in [4.69, 9.17) is 0 Å². The molecule has 200 valence electrons. The van der Waals surface area contributed by atoms with E-state index in [1.165, 1.54) is 63.3 Å². The molecule has 0 radical (unpaired) electrons. The average molecular weight is 529 g/mol. The van der Waals surface area contributed by atoms with Crippen molar-refractivity contribution in [2.45, 2.75) is 70.6 Å². The quantitative estimate of drug-likeness (QED) is 0.392. The van der Waals surface area contributed by atoms with Crippen LogP contribution in [0.1, 0.15) is 69.2 Å². The Morgan fingerprint density at radius 2 is 1.63 bits per heavy atom. The van der Waals surface area contributed by atoms with Crippen molar-refractivity contribution < 1.29 is 5.11 Å². The molecule has 0 aliphatic carbocycles. The molecule has 0 atom stereocenters. The van der Waals surface area contributed by atoms with Gasteiger partial charge >= 0.3 is 0 Å². The van der Waals surface area contributed by atoms with Crippen molar-refractivity contribution in [1.29, 1.82) is 0 Å². The van der Waals surface area contributed by atoms with E-state index in [2.05, 4.69) is 104 Å². The highest BCUT2D eigenvalue weighted by Gasteiger charge is 2.42. The highest BCUT2D eigenvalue weighted by molar-refractivity contribution is 5.85. The van der Waals surface area contributed by atoms with Crippen LogP contribution >= 0.6 is 12.4 Å². The van der Waals surface area contributed by atoms with Gasteiger partial charge in [0, 0.05) is 53.8 Å². The molecule has 2 aromatic rings. The summed E-state index contributed by atoms with van der Waals surface area (Å²) in [5, 5.41) is 9.60. The zero-order chi connectivity index (χ0) is 25.8. The summed E-state index contributed by atoms with van der Waals surface area (Å²) in [6, 6.07) is 13.6. The Labute approximate surface area is 234 Å². The van der Waals surface area contributed by atoms with E-state index in [1.807, 2.05) is 0 Å². The Hall–Kier alpha value is -2.75. The summed E-state index contributed by atoms with van der Waals surface area (Å²) in [4.78, 5) is 5.01. The molecule has 2 aromatic carbocycles. The van der Waals surface area contributed by atoms with Gasteiger partial charge in [0.1, 0.15) is 0 Å². The first-order valence-corrected chi connectivity index (χ1v) is 14.0. The van der Waals surface area contributed by atoms with E-state index in [0.717, 1.165) is 32.4 Å². The second kappa shape index (κ2) is 10.1. The maximum absolute atomic E-state index is 9.60. The van der Waals surface area contributed by atoms with Crippen LogP contribution in [-0.2, 0) is 23.7 Å². The molecule has 0 fully saturated rings. The molecule has 0 saturated heterocycles. The second-order valence-electron chi connectivity index (χ2n) is 12.1. The average Bonchev–Trinajstić information content (AvgIpc) is 3.40. The zero-order valence-electron chi connectivity index (χ0n) is 23.3. The van der Waals surface area contributed by atoms with Crippen molar-refractivity contribution in [2.24, 2.45) is 0 Å². The summed E-state index contributed by atoms with van der Waals surface area (Å²) in [6.45, 7) is 11.8. The first-order chi connectivity index (χ1) is 17.8. The Morgan fingerprint density at radius 1 is 0.921 bits per heavy atom. The number of halogens is 1. The van der Waals surface area contributed by atoms with Gasteiger partial charge in [-0.1, -0.05) is 82.3 Å². The van der Waals surface area contributed by atoms with E-state index in [0.29, 0.717) is 0 Å². The molecule has 6 rings (SSSR count). The normalized spacial score (nSPS) is 21.4. The number of hydrogen-bond donors (Lipinski definition) is 1. The van der Waals surface area contributed by atoms with Crippen LogP contribution in [0.2, 0.25) is 0 Å². The number of allylic oxidation sites excluding steroid dienone is 7. The van der Waals surface area contributed by atoms with Crippen LogP contribution in [0.4, 0.5) is 11.4 Å². The number of hydrogen-bond acceptors (Lipinski definition) is 3. The van der Waals surface area contributed by atoms with Crippen LogP contribution < -0.4 is 9.80 Å². The minimum atomic E-state index is -0.0392. The summed E-state index contributed by atoms with van der Waals surface area (Å²) in [6.07, 6.45) is 16.8. The molecule has 4 heteroatoms. The van der Waals surface area contributed by atoms with Crippen molar-refractivity contribution >= 4 is 23.8 Å². The fraction of sp³-hybridized carbons (Fsp3) is 0.412. The summed E-state index contributed by atoms with van der Waals surface area (Å²) in [5.41, 5.74) is 12.7. The largest absolute Gasteiger partial charge is 0.396 e. The van der Waals surface area contributed by atoms with Gasteiger partial charge in [-0.3, -0.25) is 0 Å². The molecule has 1 N–H and O–H groups in total. The molecule has 0 bridgehead atoms. The topological polar surface area (TPSA) is 26.7 Å². The van der Waals surface area contributed by atoms with Gasteiger partial charge in [0.2, 0.25) is 0 Å². The van der Waals surface area contributed by atoms with Gasteiger partial charge in [-0.15, -0.1) is 12.4 Å². The van der Waals surface area contributed by atoms with Gasteiger partial charge in [-0.2, -0.15) is 0 Å². The number of benzene rings is 2. The molecular weight excluding hydrogens is 488 g/mol. The molecule has 0 unspecified atom stereocenters. The molecule has 0 saturated carbocycles. The Morgan fingerprint density at radius 3 is 2.37 bits per heavy atom. The van der Waals surface area contributed by atoms with Crippen LogP contribution in [0.25, 0.3) is 0 Å². The maximum atomic E-state index is 9.60. The highest BCUT2D eigenvalue weighted by Crippen LogP contribution is 2.51. The number of para-hydroxylation sites is 2. The van der Waals surface area contributed by atoms with Gasteiger partial charge in [-0.05, 0) is 71.6 Å². The van der Waals surface area contributed by atoms with Crippen LogP contribution in [0, 0.1) is 0 Å². The Bertz CT molecular complexity index is 1360. The van der Waals surface area contributed by atoms with Gasteiger partial charge in [0.25, 0.3) is 0 Å². The van der Waals surface area contributed by atoms with Crippen LogP contribution in [0.5, 0.6) is 0 Å². The van der Waals surface area contributed by atoms with Crippen LogP contribution in [0.15, 0.2) is 83.7 Å². The molecule has 0 amide bonds. The van der Waals surface area contributed by atoms with Gasteiger partial charge in [-0.25, -0.2) is 0 Å². The summed E-state index contributed by atoms with van der Waals surface area (Å²) >= 11 is 0. The third-order valence-electron chi connectivity index (χ3n) is 9.10. The van der Waals surface area contributed by atoms with Crippen LogP contribution in [-0.4, -0.2) is 24.8 Å². The highest BCUT2D eigenvalue weighted by atomic mass is 35.5. The number of rotatable bonds is 6. The fourth-order valence-corrected chi connectivity index (χ4v) is 6.91. The van der Waals surface area contributed by atoms with Gasteiger partial charge in [0.15, 0.2) is 0 Å². The number of aryl methyl sites for hydroxylation is 1. The first kappa shape index (κ1) is 26.8. The van der Waals surface area contributed by atoms with Crippen molar-refractivity contribution in [2.75, 3.05) is 29.5 Å². The third kappa shape index (κ3) is 4.25. The van der Waals surface area contributed by atoms with Crippen LogP contribution in [0.3, 0.4) is 0 Å². The minimum absolute atomic E-state index is 0. The molecule has 38 heavy (non-hydrogen) atoms. The minimum Gasteiger partial charge on any atom is -0.396 e. The standard InChI is InChI=1S/C34H40N2O.ClH/c1-33(2)27(23-35-21-19-26-11-6-13-28(33)31(26)35)17-15-24(9-8-22-37)16-18-30-34(3,4)29-14-5-10-25-12-7-20-36(30)32(25)29;/h5-6,10-11,13-18,23,37H,7-9,12,19-22H2,1-4H3;1H. The molecule has 4 aliphatic heterocycles. The summed E-state index contributed by atoms with van der Waals surface area (Å²) in [5.74, 6) is 0. The smallest absolute Gasteiger partial charge is 0.0483 e. The molecule has 4 heterocycles. The zero-order valence-corrected chi connectivity index (χ0v) is 24.1. The first-order valence-electron chi connectivity index (χ1n) is 14.0. The number of aliphatic hydroxyl groups is 1. The number of nitrogens with zero attached hydrogens (tertiary/aromatic N) is 2. The van der Waals surface area contributed by atoms with Gasteiger partial charge < -0.3 is 14.9 Å². The van der Waals surface area contributed by atoms with E-state index in [-0.39, 0.29) is 29.8 Å². The second-order valence-corrected chi connectivity index (χ2v) is 12.1. The molecule has 3 nitrogen and oxygen atoms in total. The fourth-order valence-electron chi connectivity index (χ4n) is 6.91. The lowest BCUT2D eigenvalue weighted by molar-refractivity contribution is 0.289. The van der Waals surface area contributed by atoms with Crippen molar-refractivity contribution in [3.63, 3.8) is 0 Å². The lowest BCUT2D eigenvalue weighted by atomic mass is 9.74. The molecule has 0 aromatic heterocycles.